The number of anilines is 1. The van der Waals surface area contributed by atoms with E-state index in [0.29, 0.717) is 22.9 Å². The molecule has 3 aromatic rings. The average molecular weight is 426 g/mol. The van der Waals surface area contributed by atoms with Gasteiger partial charge in [-0.15, -0.1) is 0 Å². The molecule has 1 aromatic carbocycles. The SMILES string of the molecule is COc1cc(NC(=O)[C@@H](C)OC(=O)c2ccc(Cn3ccccc3=O)o2)cc(OC)c1. The van der Waals surface area contributed by atoms with E-state index in [1.165, 1.54) is 37.8 Å². The van der Waals surface area contributed by atoms with Gasteiger partial charge in [-0.25, -0.2) is 4.79 Å². The molecule has 2 heterocycles. The van der Waals surface area contributed by atoms with E-state index in [0.717, 1.165) is 0 Å². The molecule has 1 amide bonds. The predicted octanol–water partition coefficient (Wildman–Crippen LogP) is 2.69. The van der Waals surface area contributed by atoms with Crippen molar-refractivity contribution in [2.24, 2.45) is 0 Å². The highest BCUT2D eigenvalue weighted by Gasteiger charge is 2.22. The van der Waals surface area contributed by atoms with Gasteiger partial charge in [0.05, 0.1) is 20.8 Å². The summed E-state index contributed by atoms with van der Waals surface area (Å²) in [5.74, 6) is 0.00573. The van der Waals surface area contributed by atoms with Gasteiger partial charge in [0.25, 0.3) is 11.5 Å². The van der Waals surface area contributed by atoms with Gasteiger partial charge in [0.1, 0.15) is 17.3 Å². The number of ether oxygens (including phenoxy) is 3. The summed E-state index contributed by atoms with van der Waals surface area (Å²) in [7, 11) is 2.99. The van der Waals surface area contributed by atoms with Crippen LogP contribution in [0.5, 0.6) is 11.5 Å². The molecule has 0 aliphatic rings. The summed E-state index contributed by atoms with van der Waals surface area (Å²) in [5.41, 5.74) is 0.236. The van der Waals surface area contributed by atoms with Gasteiger partial charge in [-0.2, -0.15) is 0 Å². The Morgan fingerprint density at radius 2 is 1.77 bits per heavy atom. The molecule has 0 aliphatic carbocycles. The van der Waals surface area contributed by atoms with Gasteiger partial charge >= 0.3 is 5.97 Å². The Bertz CT molecular complexity index is 1110. The maximum absolute atomic E-state index is 12.4. The number of amides is 1. The van der Waals surface area contributed by atoms with Crippen molar-refractivity contribution in [1.82, 2.24) is 4.57 Å². The summed E-state index contributed by atoms with van der Waals surface area (Å²) in [6.07, 6.45) is 0.526. The van der Waals surface area contributed by atoms with Crippen LogP contribution in [0.2, 0.25) is 0 Å². The van der Waals surface area contributed by atoms with E-state index < -0.39 is 18.0 Å². The van der Waals surface area contributed by atoms with Crippen molar-refractivity contribution in [1.29, 1.82) is 0 Å². The molecule has 0 saturated heterocycles. The van der Waals surface area contributed by atoms with E-state index in [2.05, 4.69) is 5.32 Å². The third kappa shape index (κ3) is 5.53. The first kappa shape index (κ1) is 21.7. The summed E-state index contributed by atoms with van der Waals surface area (Å²) >= 11 is 0. The summed E-state index contributed by atoms with van der Waals surface area (Å²) in [6.45, 7) is 1.61. The minimum atomic E-state index is -1.09. The van der Waals surface area contributed by atoms with Crippen molar-refractivity contribution in [3.63, 3.8) is 0 Å². The number of nitrogens with zero attached hydrogens (tertiary/aromatic N) is 1. The molecule has 1 N–H and O–H groups in total. The van der Waals surface area contributed by atoms with Gasteiger partial charge in [-0.3, -0.25) is 9.59 Å². The Labute approximate surface area is 178 Å². The largest absolute Gasteiger partial charge is 0.497 e. The van der Waals surface area contributed by atoms with E-state index in [4.69, 9.17) is 18.6 Å². The fourth-order valence-electron chi connectivity index (χ4n) is 2.73. The number of hydrogen-bond donors (Lipinski definition) is 1. The lowest BCUT2D eigenvalue weighted by atomic mass is 10.2. The van der Waals surface area contributed by atoms with Crippen molar-refractivity contribution in [3.05, 3.63) is 76.6 Å². The summed E-state index contributed by atoms with van der Waals surface area (Å²) < 4.78 is 22.4. The molecule has 0 aliphatic heterocycles. The lowest BCUT2D eigenvalue weighted by Gasteiger charge is -2.14. The van der Waals surface area contributed by atoms with Crippen molar-refractivity contribution in [2.45, 2.75) is 19.6 Å². The molecule has 0 bridgehead atoms. The van der Waals surface area contributed by atoms with E-state index in [9.17, 15) is 14.4 Å². The molecule has 2 aromatic heterocycles. The van der Waals surface area contributed by atoms with Crippen LogP contribution >= 0.6 is 0 Å². The fourth-order valence-corrected chi connectivity index (χ4v) is 2.73. The molecular formula is C22H22N2O7. The molecule has 0 radical (unpaired) electrons. The third-order valence-electron chi connectivity index (χ3n) is 4.36. The zero-order chi connectivity index (χ0) is 22.4. The second-order valence-corrected chi connectivity index (χ2v) is 6.57. The molecule has 0 fully saturated rings. The topological polar surface area (TPSA) is 109 Å². The molecule has 3 rings (SSSR count). The number of nitrogens with one attached hydrogen (secondary N) is 1. The fraction of sp³-hybridized carbons (Fsp3) is 0.227. The maximum Gasteiger partial charge on any atom is 0.375 e. The highest BCUT2D eigenvalue weighted by molar-refractivity contribution is 5.96. The zero-order valence-electron chi connectivity index (χ0n) is 17.3. The number of pyridine rings is 1. The third-order valence-corrected chi connectivity index (χ3v) is 4.36. The number of furan rings is 1. The monoisotopic (exact) mass is 426 g/mol. The normalized spacial score (nSPS) is 11.5. The number of esters is 1. The van der Waals surface area contributed by atoms with E-state index in [1.54, 1.807) is 42.6 Å². The van der Waals surface area contributed by atoms with Crippen LogP contribution in [0.15, 0.2) is 63.9 Å². The average Bonchev–Trinajstić information content (AvgIpc) is 3.23. The first-order valence-corrected chi connectivity index (χ1v) is 9.38. The molecular weight excluding hydrogens is 404 g/mol. The molecule has 9 nitrogen and oxygen atoms in total. The molecule has 1 atom stereocenters. The van der Waals surface area contributed by atoms with Crippen LogP contribution in [-0.2, 0) is 16.1 Å². The summed E-state index contributed by atoms with van der Waals surface area (Å²) in [5, 5.41) is 2.65. The molecule has 0 saturated carbocycles. The van der Waals surface area contributed by atoms with E-state index in [1.807, 2.05) is 0 Å². The van der Waals surface area contributed by atoms with Crippen molar-refractivity contribution < 1.29 is 28.2 Å². The van der Waals surface area contributed by atoms with Crippen LogP contribution in [0, 0.1) is 0 Å². The number of aromatic nitrogens is 1. The number of hydrogen-bond acceptors (Lipinski definition) is 7. The van der Waals surface area contributed by atoms with Crippen LogP contribution in [-0.4, -0.2) is 36.8 Å². The Kier molecular flexibility index (Phi) is 6.76. The van der Waals surface area contributed by atoms with Gasteiger partial charge in [-0.05, 0) is 25.1 Å². The Balaban J connectivity index is 1.61. The van der Waals surface area contributed by atoms with Crippen LogP contribution in [0.4, 0.5) is 5.69 Å². The highest BCUT2D eigenvalue weighted by Crippen LogP contribution is 2.26. The second-order valence-electron chi connectivity index (χ2n) is 6.57. The van der Waals surface area contributed by atoms with Gasteiger partial charge in [0, 0.05) is 36.1 Å². The summed E-state index contributed by atoms with van der Waals surface area (Å²) in [4.78, 5) is 36.5. The van der Waals surface area contributed by atoms with Gasteiger partial charge in [-0.1, -0.05) is 6.07 Å². The lowest BCUT2D eigenvalue weighted by molar-refractivity contribution is -0.123. The maximum atomic E-state index is 12.4. The Morgan fingerprint density at radius 1 is 1.06 bits per heavy atom. The van der Waals surface area contributed by atoms with Crippen molar-refractivity contribution in [3.8, 4) is 11.5 Å². The van der Waals surface area contributed by atoms with Crippen LogP contribution in [0.25, 0.3) is 0 Å². The molecule has 162 valence electrons. The quantitative estimate of drug-likeness (QED) is 0.552. The smallest absolute Gasteiger partial charge is 0.375 e. The van der Waals surface area contributed by atoms with E-state index in [-0.39, 0.29) is 17.9 Å². The first-order chi connectivity index (χ1) is 14.9. The minimum Gasteiger partial charge on any atom is -0.497 e. The van der Waals surface area contributed by atoms with Crippen LogP contribution in [0.1, 0.15) is 23.2 Å². The molecule has 9 heteroatoms. The van der Waals surface area contributed by atoms with Crippen molar-refractivity contribution in [2.75, 3.05) is 19.5 Å². The Morgan fingerprint density at radius 3 is 2.42 bits per heavy atom. The number of methoxy groups -OCH3 is 2. The van der Waals surface area contributed by atoms with Crippen molar-refractivity contribution >= 4 is 17.6 Å². The van der Waals surface area contributed by atoms with E-state index >= 15 is 0 Å². The standard InChI is InChI=1S/C22H22N2O7/c1-14(21(26)23-15-10-17(28-2)12-18(11-15)29-3)30-22(27)19-8-7-16(31-19)13-24-9-5-4-6-20(24)25/h4-12,14H,13H2,1-3H3,(H,23,26)/t14-/m1/s1. The zero-order valence-corrected chi connectivity index (χ0v) is 17.3. The predicted molar refractivity (Wildman–Crippen MR) is 112 cm³/mol. The number of carbonyl (C=O) groups is 2. The molecule has 31 heavy (non-hydrogen) atoms. The van der Waals surface area contributed by atoms with Gasteiger partial charge in [0.2, 0.25) is 5.76 Å². The number of benzene rings is 1. The molecule has 0 spiro atoms. The number of carbonyl (C=O) groups excluding carboxylic acids is 2. The number of rotatable bonds is 8. The minimum absolute atomic E-state index is 0.0679. The van der Waals surface area contributed by atoms with Gasteiger partial charge in [0.15, 0.2) is 6.10 Å². The molecule has 0 unspecified atom stereocenters. The Hall–Kier alpha value is -4.01. The van der Waals surface area contributed by atoms with Crippen LogP contribution in [0.3, 0.4) is 0 Å². The second kappa shape index (κ2) is 9.66. The summed E-state index contributed by atoms with van der Waals surface area (Å²) in [6, 6.07) is 12.7. The van der Waals surface area contributed by atoms with Gasteiger partial charge < -0.3 is 28.5 Å². The van der Waals surface area contributed by atoms with Crippen LogP contribution < -0.4 is 20.3 Å². The first-order valence-electron chi connectivity index (χ1n) is 9.38. The highest BCUT2D eigenvalue weighted by atomic mass is 16.6. The lowest BCUT2D eigenvalue weighted by Crippen LogP contribution is -2.29.